The van der Waals surface area contributed by atoms with Crippen LogP contribution in [0, 0.1) is 0 Å². The first-order valence-corrected chi connectivity index (χ1v) is 18.4. The molecular formula is C45H48N2O5. The van der Waals surface area contributed by atoms with Crippen LogP contribution in [0.25, 0.3) is 0 Å². The minimum atomic E-state index is -0.379. The first kappa shape index (κ1) is 36.5. The SMILES string of the molecule is CCOC(=O)c1ccc2c(n1)CCCC2N(CCc1ccc(C(=O)OC)cc1)CCc1ccccc1OCc1ccc(CCc2ccccc2)cc1. The molecule has 0 saturated carbocycles. The van der Waals surface area contributed by atoms with Crippen LogP contribution in [0.4, 0.5) is 0 Å². The number of hydrogen-bond acceptors (Lipinski definition) is 7. The molecule has 0 aliphatic heterocycles. The van der Waals surface area contributed by atoms with Gasteiger partial charge in [0.2, 0.25) is 0 Å². The number of fused-ring (bicyclic) bond motifs is 1. The summed E-state index contributed by atoms with van der Waals surface area (Å²) in [7, 11) is 1.40. The Hall–Kier alpha value is -5.27. The lowest BCUT2D eigenvalue weighted by molar-refractivity contribution is 0.0517. The van der Waals surface area contributed by atoms with Gasteiger partial charge in [0.1, 0.15) is 18.1 Å². The Morgan fingerprint density at radius 1 is 0.712 bits per heavy atom. The Labute approximate surface area is 307 Å². The highest BCUT2D eigenvalue weighted by Crippen LogP contribution is 2.34. The van der Waals surface area contributed by atoms with Gasteiger partial charge in [0.25, 0.3) is 0 Å². The van der Waals surface area contributed by atoms with Crippen molar-refractivity contribution >= 4 is 11.9 Å². The van der Waals surface area contributed by atoms with Crippen molar-refractivity contribution in [3.63, 3.8) is 0 Å². The van der Waals surface area contributed by atoms with Gasteiger partial charge in [-0.15, -0.1) is 0 Å². The van der Waals surface area contributed by atoms with Crippen molar-refractivity contribution in [1.82, 2.24) is 9.88 Å². The van der Waals surface area contributed by atoms with Crippen LogP contribution in [0.2, 0.25) is 0 Å². The molecule has 1 aromatic heterocycles. The average molecular weight is 697 g/mol. The number of pyridine rings is 1. The minimum absolute atomic E-state index is 0.162. The van der Waals surface area contributed by atoms with Gasteiger partial charge in [0, 0.05) is 24.8 Å². The van der Waals surface area contributed by atoms with E-state index < -0.39 is 0 Å². The predicted octanol–water partition coefficient (Wildman–Crippen LogP) is 8.57. The van der Waals surface area contributed by atoms with E-state index in [0.717, 1.165) is 80.6 Å². The molecule has 0 amide bonds. The van der Waals surface area contributed by atoms with E-state index >= 15 is 0 Å². The number of benzene rings is 4. The Morgan fingerprint density at radius 3 is 2.12 bits per heavy atom. The van der Waals surface area contributed by atoms with Crippen molar-refractivity contribution in [2.24, 2.45) is 0 Å². The van der Waals surface area contributed by atoms with Gasteiger partial charge >= 0.3 is 11.9 Å². The summed E-state index contributed by atoms with van der Waals surface area (Å²) >= 11 is 0. The Balaban J connectivity index is 1.14. The second-order valence-corrected chi connectivity index (χ2v) is 13.3. The number of carbonyl (C=O) groups excluding carboxylic acids is 2. The van der Waals surface area contributed by atoms with E-state index in [1.807, 2.05) is 37.3 Å². The molecule has 1 heterocycles. The molecule has 4 aromatic carbocycles. The summed E-state index contributed by atoms with van der Waals surface area (Å²) in [5, 5.41) is 0. The average Bonchev–Trinajstić information content (AvgIpc) is 3.20. The molecule has 0 spiro atoms. The number of methoxy groups -OCH3 is 1. The summed E-state index contributed by atoms with van der Waals surface area (Å²) in [6.45, 7) is 4.27. The number of nitrogens with zero attached hydrogens (tertiary/aromatic N) is 2. The third-order valence-corrected chi connectivity index (χ3v) is 9.85. The van der Waals surface area contributed by atoms with Gasteiger partial charge in [-0.3, -0.25) is 4.90 Å². The topological polar surface area (TPSA) is 78.0 Å². The van der Waals surface area contributed by atoms with E-state index in [2.05, 4.69) is 83.8 Å². The number of ether oxygens (including phenoxy) is 3. The second kappa shape index (κ2) is 18.3. The van der Waals surface area contributed by atoms with Gasteiger partial charge in [-0.25, -0.2) is 14.6 Å². The molecule has 0 N–H and O–H groups in total. The Morgan fingerprint density at radius 2 is 1.37 bits per heavy atom. The maximum atomic E-state index is 12.5. The molecular weight excluding hydrogens is 649 g/mol. The maximum Gasteiger partial charge on any atom is 0.356 e. The summed E-state index contributed by atoms with van der Waals surface area (Å²) in [5.74, 6) is 0.187. The van der Waals surface area contributed by atoms with Crippen molar-refractivity contribution in [1.29, 1.82) is 0 Å². The third kappa shape index (κ3) is 9.74. The molecule has 1 aliphatic carbocycles. The van der Waals surface area contributed by atoms with Crippen LogP contribution in [-0.2, 0) is 48.2 Å². The van der Waals surface area contributed by atoms with Crippen LogP contribution in [0.1, 0.15) is 85.7 Å². The zero-order valence-electron chi connectivity index (χ0n) is 30.3. The number of rotatable bonds is 16. The van der Waals surface area contributed by atoms with Crippen LogP contribution in [0.5, 0.6) is 5.75 Å². The fraction of sp³-hybridized carbons (Fsp3) is 0.311. The summed E-state index contributed by atoms with van der Waals surface area (Å²) < 4.78 is 16.6. The molecule has 7 heteroatoms. The molecule has 0 fully saturated rings. The van der Waals surface area contributed by atoms with Crippen LogP contribution in [-0.4, -0.2) is 48.6 Å². The number of esters is 2. The van der Waals surface area contributed by atoms with Gasteiger partial charge in [-0.05, 0) is 110 Å². The number of carbonyl (C=O) groups is 2. The summed E-state index contributed by atoms with van der Waals surface area (Å²) in [4.78, 5) is 31.8. The molecule has 5 aromatic rings. The fourth-order valence-electron chi connectivity index (χ4n) is 6.97. The zero-order valence-corrected chi connectivity index (χ0v) is 30.3. The van der Waals surface area contributed by atoms with Crippen LogP contribution in [0.15, 0.2) is 115 Å². The summed E-state index contributed by atoms with van der Waals surface area (Å²) in [6, 6.07) is 39.4. The Bertz CT molecular complexity index is 1910. The molecule has 268 valence electrons. The van der Waals surface area contributed by atoms with E-state index in [9.17, 15) is 9.59 Å². The highest BCUT2D eigenvalue weighted by Gasteiger charge is 2.28. The van der Waals surface area contributed by atoms with Gasteiger partial charge in [-0.2, -0.15) is 0 Å². The Kier molecular flexibility index (Phi) is 12.8. The lowest BCUT2D eigenvalue weighted by Crippen LogP contribution is -2.35. The van der Waals surface area contributed by atoms with Gasteiger partial charge < -0.3 is 14.2 Å². The molecule has 0 saturated heterocycles. The normalized spacial score (nSPS) is 13.7. The molecule has 1 unspecified atom stereocenters. The minimum Gasteiger partial charge on any atom is -0.489 e. The molecule has 0 radical (unpaired) electrons. The molecule has 7 nitrogen and oxygen atoms in total. The lowest BCUT2D eigenvalue weighted by Gasteiger charge is -2.36. The molecule has 52 heavy (non-hydrogen) atoms. The largest absolute Gasteiger partial charge is 0.489 e. The van der Waals surface area contributed by atoms with Crippen molar-refractivity contribution in [3.05, 3.63) is 166 Å². The standard InChI is InChI=1S/C45H48N2O5/c1-3-51-45(49)41-27-26-39-40(46-41)13-9-14-42(39)47(30-28-35-22-24-38(25-23-35)44(48)50-2)31-29-37-12-7-8-15-43(37)52-32-36-20-18-34(19-21-36)17-16-33-10-5-4-6-11-33/h4-8,10-12,15,18-27,42H,3,9,13-14,16-17,28-32H2,1-2H3. The van der Waals surface area contributed by atoms with E-state index in [0.29, 0.717) is 24.5 Å². The molecule has 1 atom stereocenters. The van der Waals surface area contributed by atoms with Crippen LogP contribution in [0.3, 0.4) is 0 Å². The smallest absolute Gasteiger partial charge is 0.356 e. The molecule has 1 aliphatic rings. The quantitative estimate of drug-likeness (QED) is 0.0957. The van der Waals surface area contributed by atoms with E-state index in [1.54, 1.807) is 6.07 Å². The highest BCUT2D eigenvalue weighted by atomic mass is 16.5. The zero-order chi connectivity index (χ0) is 36.1. The van der Waals surface area contributed by atoms with Crippen molar-refractivity contribution < 1.29 is 23.8 Å². The summed E-state index contributed by atoms with van der Waals surface area (Å²) in [5.41, 5.74) is 9.21. The number of para-hydroxylation sites is 1. The first-order chi connectivity index (χ1) is 25.5. The van der Waals surface area contributed by atoms with E-state index in [-0.39, 0.29) is 18.0 Å². The number of aryl methyl sites for hydroxylation is 3. The second-order valence-electron chi connectivity index (χ2n) is 13.3. The van der Waals surface area contributed by atoms with Crippen LogP contribution >= 0.6 is 0 Å². The van der Waals surface area contributed by atoms with Gasteiger partial charge in [0.05, 0.1) is 19.3 Å². The lowest BCUT2D eigenvalue weighted by atomic mass is 9.89. The van der Waals surface area contributed by atoms with Crippen molar-refractivity contribution in [2.45, 2.75) is 64.5 Å². The van der Waals surface area contributed by atoms with Crippen molar-refractivity contribution in [3.8, 4) is 5.75 Å². The fourth-order valence-corrected chi connectivity index (χ4v) is 6.97. The monoisotopic (exact) mass is 696 g/mol. The maximum absolute atomic E-state index is 12.5. The molecule has 0 bridgehead atoms. The van der Waals surface area contributed by atoms with Gasteiger partial charge in [0.15, 0.2) is 0 Å². The highest BCUT2D eigenvalue weighted by molar-refractivity contribution is 5.89. The van der Waals surface area contributed by atoms with Gasteiger partial charge in [-0.1, -0.05) is 91.0 Å². The predicted molar refractivity (Wildman–Crippen MR) is 204 cm³/mol. The van der Waals surface area contributed by atoms with E-state index in [1.165, 1.54) is 29.4 Å². The number of hydrogen-bond donors (Lipinski definition) is 0. The van der Waals surface area contributed by atoms with Crippen LogP contribution < -0.4 is 4.74 Å². The number of aromatic nitrogens is 1. The third-order valence-electron chi connectivity index (χ3n) is 9.85. The first-order valence-electron chi connectivity index (χ1n) is 18.4. The molecule has 6 rings (SSSR count). The van der Waals surface area contributed by atoms with Crippen molar-refractivity contribution in [2.75, 3.05) is 26.8 Å². The summed E-state index contributed by atoms with van der Waals surface area (Å²) in [6.07, 6.45) is 6.52. The van der Waals surface area contributed by atoms with E-state index in [4.69, 9.17) is 19.2 Å².